The van der Waals surface area contributed by atoms with E-state index in [1.807, 2.05) is 5.38 Å². The molecule has 0 radical (unpaired) electrons. The van der Waals surface area contributed by atoms with Crippen molar-refractivity contribution >= 4 is 17.1 Å². The minimum Gasteiger partial charge on any atom is -0.292 e. The van der Waals surface area contributed by atoms with Crippen LogP contribution >= 0.6 is 11.3 Å². The van der Waals surface area contributed by atoms with Gasteiger partial charge >= 0.3 is 0 Å². The highest BCUT2D eigenvalue weighted by molar-refractivity contribution is 7.07. The summed E-state index contributed by atoms with van der Waals surface area (Å²) in [4.78, 5) is 15.9. The van der Waals surface area contributed by atoms with E-state index in [0.717, 1.165) is 18.3 Å². The van der Waals surface area contributed by atoms with Gasteiger partial charge in [-0.05, 0) is 43.4 Å². The Bertz CT molecular complexity index is 360. The first-order valence-corrected chi connectivity index (χ1v) is 6.68. The Morgan fingerprint density at radius 2 is 2.33 bits per heavy atom. The molecule has 1 aromatic heterocycles. The normalized spacial score (nSPS) is 33.5. The number of aromatic nitrogens is 1. The molecule has 3 atom stereocenters. The molecule has 80 valence electrons. The maximum Gasteiger partial charge on any atom is 0.182 e. The summed E-state index contributed by atoms with van der Waals surface area (Å²) >= 11 is 1.51. The molecule has 15 heavy (non-hydrogen) atoms. The van der Waals surface area contributed by atoms with E-state index in [9.17, 15) is 4.79 Å². The number of nitrogens with zero attached hydrogens (tertiary/aromatic N) is 1. The van der Waals surface area contributed by atoms with Gasteiger partial charge in [-0.2, -0.15) is 0 Å². The highest BCUT2D eigenvalue weighted by Crippen LogP contribution is 2.52. The lowest BCUT2D eigenvalue weighted by molar-refractivity contribution is 0.0944. The van der Waals surface area contributed by atoms with E-state index in [1.165, 1.54) is 37.0 Å². The van der Waals surface area contributed by atoms with E-state index < -0.39 is 0 Å². The molecule has 2 aliphatic rings. The van der Waals surface area contributed by atoms with Crippen molar-refractivity contribution < 1.29 is 4.79 Å². The van der Waals surface area contributed by atoms with Gasteiger partial charge in [0, 0.05) is 11.8 Å². The van der Waals surface area contributed by atoms with Crippen molar-refractivity contribution in [3.05, 3.63) is 16.6 Å². The molecule has 3 heteroatoms. The summed E-state index contributed by atoms with van der Waals surface area (Å²) in [6, 6.07) is 0. The van der Waals surface area contributed by atoms with Crippen LogP contribution < -0.4 is 0 Å². The highest BCUT2D eigenvalue weighted by atomic mass is 32.1. The fourth-order valence-electron chi connectivity index (χ4n) is 2.85. The Balaban J connectivity index is 1.58. The zero-order valence-electron chi connectivity index (χ0n) is 8.69. The average molecular weight is 221 g/mol. The Labute approximate surface area is 93.7 Å². The van der Waals surface area contributed by atoms with Crippen molar-refractivity contribution in [2.75, 3.05) is 0 Å². The van der Waals surface area contributed by atoms with E-state index in [-0.39, 0.29) is 5.78 Å². The van der Waals surface area contributed by atoms with Gasteiger partial charge in [0.15, 0.2) is 5.78 Å². The van der Waals surface area contributed by atoms with Crippen LogP contribution in [0.15, 0.2) is 10.9 Å². The van der Waals surface area contributed by atoms with Gasteiger partial charge in [0.2, 0.25) is 0 Å². The van der Waals surface area contributed by atoms with Crippen molar-refractivity contribution in [2.45, 2.75) is 32.1 Å². The molecule has 1 aromatic rings. The average Bonchev–Trinajstić information content (AvgIpc) is 2.78. The Morgan fingerprint density at radius 1 is 1.40 bits per heavy atom. The summed E-state index contributed by atoms with van der Waals surface area (Å²) in [7, 11) is 0. The summed E-state index contributed by atoms with van der Waals surface area (Å²) in [5, 5.41) is 1.87. The maximum atomic E-state index is 11.8. The zero-order chi connectivity index (χ0) is 10.3. The SMILES string of the molecule is O=C(CC1CCC2CC2C1)c1cscn1. The number of fused-ring (bicyclic) bond motifs is 1. The largest absolute Gasteiger partial charge is 0.292 e. The van der Waals surface area contributed by atoms with Crippen LogP contribution in [0.25, 0.3) is 0 Å². The molecule has 0 amide bonds. The lowest BCUT2D eigenvalue weighted by atomic mass is 9.85. The monoisotopic (exact) mass is 221 g/mol. The van der Waals surface area contributed by atoms with Crippen LogP contribution in [0, 0.1) is 17.8 Å². The molecule has 3 rings (SSSR count). The van der Waals surface area contributed by atoms with Gasteiger partial charge < -0.3 is 0 Å². The number of hydrogen-bond acceptors (Lipinski definition) is 3. The second-order valence-corrected chi connectivity index (χ2v) is 5.65. The van der Waals surface area contributed by atoms with Gasteiger partial charge in [0.1, 0.15) is 5.69 Å². The number of rotatable bonds is 3. The third-order valence-corrected chi connectivity index (χ3v) is 4.43. The molecule has 1 heterocycles. The van der Waals surface area contributed by atoms with E-state index in [2.05, 4.69) is 4.98 Å². The fourth-order valence-corrected chi connectivity index (χ4v) is 3.41. The van der Waals surface area contributed by atoms with E-state index in [0.29, 0.717) is 11.6 Å². The van der Waals surface area contributed by atoms with Crippen molar-refractivity contribution in [1.82, 2.24) is 4.98 Å². The lowest BCUT2D eigenvalue weighted by Gasteiger charge is -2.19. The van der Waals surface area contributed by atoms with Gasteiger partial charge in [-0.25, -0.2) is 4.98 Å². The number of carbonyl (C=O) groups is 1. The standard InChI is InChI=1S/C12H15NOS/c14-12(11-6-15-7-13-11)4-8-1-2-9-5-10(9)3-8/h6-10H,1-5H2. The van der Waals surface area contributed by atoms with Crippen LogP contribution in [0.2, 0.25) is 0 Å². The third kappa shape index (κ3) is 1.98. The number of Topliss-reactive ketones (excluding diaryl/α,β-unsaturated/α-hetero) is 1. The number of ketones is 1. The summed E-state index contributed by atoms with van der Waals surface area (Å²) < 4.78 is 0. The number of hydrogen-bond donors (Lipinski definition) is 0. The zero-order valence-corrected chi connectivity index (χ0v) is 9.50. The Hall–Kier alpha value is -0.700. The molecule has 2 aliphatic carbocycles. The maximum absolute atomic E-state index is 11.8. The summed E-state index contributed by atoms with van der Waals surface area (Å²) in [6.07, 6.45) is 6.08. The fraction of sp³-hybridized carbons (Fsp3) is 0.667. The van der Waals surface area contributed by atoms with Crippen molar-refractivity contribution in [3.8, 4) is 0 Å². The van der Waals surface area contributed by atoms with Crippen LogP contribution in [0.4, 0.5) is 0 Å². The number of carbonyl (C=O) groups excluding carboxylic acids is 1. The topological polar surface area (TPSA) is 30.0 Å². The third-order valence-electron chi connectivity index (χ3n) is 3.84. The first-order chi connectivity index (χ1) is 7.33. The highest BCUT2D eigenvalue weighted by Gasteiger charge is 2.42. The van der Waals surface area contributed by atoms with Gasteiger partial charge in [-0.3, -0.25) is 4.79 Å². The molecule has 0 aliphatic heterocycles. The number of thiazole rings is 1. The smallest absolute Gasteiger partial charge is 0.182 e. The van der Waals surface area contributed by atoms with Crippen LogP contribution in [-0.4, -0.2) is 10.8 Å². The Kier molecular flexibility index (Phi) is 2.35. The lowest BCUT2D eigenvalue weighted by Crippen LogP contribution is -2.13. The van der Waals surface area contributed by atoms with Crippen LogP contribution in [-0.2, 0) is 0 Å². The first kappa shape index (κ1) is 9.52. The summed E-state index contributed by atoms with van der Waals surface area (Å²) in [6.45, 7) is 0. The first-order valence-electron chi connectivity index (χ1n) is 5.74. The van der Waals surface area contributed by atoms with Crippen LogP contribution in [0.3, 0.4) is 0 Å². The van der Waals surface area contributed by atoms with Gasteiger partial charge in [0.05, 0.1) is 5.51 Å². The van der Waals surface area contributed by atoms with Crippen LogP contribution in [0.1, 0.15) is 42.6 Å². The molecule has 3 unspecified atom stereocenters. The molecular weight excluding hydrogens is 206 g/mol. The second-order valence-electron chi connectivity index (χ2n) is 4.94. The molecule has 0 N–H and O–H groups in total. The molecular formula is C12H15NOS. The van der Waals surface area contributed by atoms with Crippen molar-refractivity contribution in [2.24, 2.45) is 17.8 Å². The van der Waals surface area contributed by atoms with Gasteiger partial charge in [-0.15, -0.1) is 11.3 Å². The molecule has 0 saturated heterocycles. The van der Waals surface area contributed by atoms with Crippen molar-refractivity contribution in [1.29, 1.82) is 0 Å². The van der Waals surface area contributed by atoms with Gasteiger partial charge in [0.25, 0.3) is 0 Å². The quantitative estimate of drug-likeness (QED) is 0.734. The van der Waals surface area contributed by atoms with E-state index in [1.54, 1.807) is 5.51 Å². The molecule has 0 aromatic carbocycles. The minimum absolute atomic E-state index is 0.250. The van der Waals surface area contributed by atoms with Crippen LogP contribution in [0.5, 0.6) is 0 Å². The second kappa shape index (κ2) is 3.71. The molecule has 2 nitrogen and oxygen atoms in total. The molecule has 2 fully saturated rings. The van der Waals surface area contributed by atoms with E-state index in [4.69, 9.17) is 0 Å². The van der Waals surface area contributed by atoms with E-state index >= 15 is 0 Å². The predicted molar refractivity (Wildman–Crippen MR) is 60.0 cm³/mol. The van der Waals surface area contributed by atoms with Gasteiger partial charge in [-0.1, -0.05) is 0 Å². The molecule has 0 spiro atoms. The minimum atomic E-state index is 0.250. The molecule has 0 bridgehead atoms. The molecule has 2 saturated carbocycles. The summed E-state index contributed by atoms with van der Waals surface area (Å²) in [5.74, 6) is 2.88. The van der Waals surface area contributed by atoms with Crippen molar-refractivity contribution in [3.63, 3.8) is 0 Å². The Morgan fingerprint density at radius 3 is 3.07 bits per heavy atom. The summed E-state index contributed by atoms with van der Waals surface area (Å²) in [5.41, 5.74) is 2.42. The predicted octanol–water partition coefficient (Wildman–Crippen LogP) is 3.15.